The number of benzene rings is 1. The number of nitrogens with zero attached hydrogens (tertiary/aromatic N) is 5. The van der Waals surface area contributed by atoms with Gasteiger partial charge in [-0.2, -0.15) is 13.8 Å². The third-order valence-corrected chi connectivity index (χ3v) is 10.5. The van der Waals surface area contributed by atoms with Crippen molar-refractivity contribution in [2.75, 3.05) is 18.6 Å². The molecule has 3 fully saturated rings. The van der Waals surface area contributed by atoms with Crippen molar-refractivity contribution in [2.24, 2.45) is 0 Å². The SMILES string of the molecule is COc1ccc(CN2C(=O)C(F)(F)CC2c2nc3c4c(nc(Cl)c(F)c4c2C)O[C@@H](C)[C@@H]2[C@@H]4CC[C@](C)(CN32)N4C(=O)OC(C)(C)C)cc1. The van der Waals surface area contributed by atoms with E-state index in [1.807, 2.05) is 39.5 Å². The Morgan fingerprint density at radius 1 is 1.16 bits per heavy atom. The first-order chi connectivity index (χ1) is 22.9. The van der Waals surface area contributed by atoms with E-state index in [2.05, 4.69) is 4.98 Å². The fourth-order valence-electron chi connectivity index (χ4n) is 8.18. The van der Waals surface area contributed by atoms with Crippen LogP contribution in [-0.2, 0) is 16.1 Å². The molecular weight excluding hydrogens is 663 g/mol. The molecule has 0 N–H and O–H groups in total. The van der Waals surface area contributed by atoms with Gasteiger partial charge in [0, 0.05) is 24.9 Å². The van der Waals surface area contributed by atoms with Gasteiger partial charge in [-0.15, -0.1) is 0 Å². The number of likely N-dealkylation sites (tertiary alicyclic amines) is 1. The van der Waals surface area contributed by atoms with E-state index >= 15 is 13.2 Å². The molecule has 6 heterocycles. The highest BCUT2D eigenvalue weighted by Crippen LogP contribution is 2.52. The molecule has 49 heavy (non-hydrogen) atoms. The molecular formula is C35H39ClF3N5O5. The number of hydrogen-bond acceptors (Lipinski definition) is 8. The Morgan fingerprint density at radius 2 is 1.86 bits per heavy atom. The van der Waals surface area contributed by atoms with Crippen LogP contribution < -0.4 is 14.4 Å². The summed E-state index contributed by atoms with van der Waals surface area (Å²) >= 11 is 6.36. The van der Waals surface area contributed by atoms with E-state index in [0.717, 1.165) is 4.90 Å². The minimum Gasteiger partial charge on any atom is -0.497 e. The number of aryl methyl sites for hydroxylation is 1. The zero-order chi connectivity index (χ0) is 35.4. The van der Waals surface area contributed by atoms with Crippen molar-refractivity contribution in [3.8, 4) is 11.6 Å². The third kappa shape index (κ3) is 5.30. The van der Waals surface area contributed by atoms with Crippen molar-refractivity contribution in [2.45, 2.75) is 109 Å². The molecule has 14 heteroatoms. The van der Waals surface area contributed by atoms with Crippen LogP contribution in [0.25, 0.3) is 10.8 Å². The number of carbonyl (C=O) groups excluding carboxylic acids is 2. The number of aromatic nitrogens is 2. The lowest BCUT2D eigenvalue weighted by Crippen LogP contribution is -2.69. The van der Waals surface area contributed by atoms with Gasteiger partial charge in [0.05, 0.1) is 41.9 Å². The second-order valence-electron chi connectivity index (χ2n) is 14.8. The van der Waals surface area contributed by atoms with Crippen LogP contribution in [0.2, 0.25) is 5.15 Å². The maximum absolute atomic E-state index is 16.2. The smallest absolute Gasteiger partial charge is 0.411 e. The van der Waals surface area contributed by atoms with Gasteiger partial charge < -0.3 is 24.0 Å². The molecule has 10 nitrogen and oxygen atoms in total. The Kier molecular flexibility index (Phi) is 7.70. The van der Waals surface area contributed by atoms with Crippen molar-refractivity contribution in [3.05, 3.63) is 52.1 Å². The van der Waals surface area contributed by atoms with Gasteiger partial charge in [0.2, 0.25) is 5.88 Å². The second-order valence-corrected chi connectivity index (χ2v) is 15.2. The third-order valence-electron chi connectivity index (χ3n) is 10.3. The number of halogens is 4. The average molecular weight is 702 g/mol. The molecule has 5 atom stereocenters. The summed E-state index contributed by atoms with van der Waals surface area (Å²) in [6.45, 7) is 11.0. The van der Waals surface area contributed by atoms with E-state index in [9.17, 15) is 9.59 Å². The van der Waals surface area contributed by atoms with Gasteiger partial charge in [0.1, 0.15) is 23.3 Å². The number of anilines is 1. The maximum atomic E-state index is 16.2. The number of piperazine rings is 1. The van der Waals surface area contributed by atoms with Gasteiger partial charge in [-0.05, 0) is 77.6 Å². The predicted molar refractivity (Wildman–Crippen MR) is 176 cm³/mol. The molecule has 1 unspecified atom stereocenters. The van der Waals surface area contributed by atoms with E-state index in [1.165, 1.54) is 7.11 Å². The van der Waals surface area contributed by atoms with Crippen LogP contribution in [0.1, 0.15) is 76.7 Å². The largest absolute Gasteiger partial charge is 0.497 e. The first-order valence-electron chi connectivity index (χ1n) is 16.4. The summed E-state index contributed by atoms with van der Waals surface area (Å²) < 4.78 is 64.4. The van der Waals surface area contributed by atoms with Gasteiger partial charge in [0.15, 0.2) is 11.0 Å². The summed E-state index contributed by atoms with van der Waals surface area (Å²) in [5.74, 6) is -4.90. The number of alkyl halides is 2. The van der Waals surface area contributed by atoms with Crippen molar-refractivity contribution < 1.29 is 37.0 Å². The Labute approximate surface area is 287 Å². The van der Waals surface area contributed by atoms with Crippen molar-refractivity contribution >= 4 is 40.2 Å². The number of methoxy groups -OCH3 is 1. The van der Waals surface area contributed by atoms with E-state index in [-0.39, 0.29) is 52.9 Å². The highest BCUT2D eigenvalue weighted by Gasteiger charge is 2.60. The highest BCUT2D eigenvalue weighted by atomic mass is 35.5. The topological polar surface area (TPSA) is 97.3 Å². The monoisotopic (exact) mass is 701 g/mol. The lowest BCUT2D eigenvalue weighted by atomic mass is 9.93. The van der Waals surface area contributed by atoms with Crippen LogP contribution in [0.15, 0.2) is 24.3 Å². The van der Waals surface area contributed by atoms with Gasteiger partial charge in [-0.25, -0.2) is 14.2 Å². The standard InChI is InChI=1S/C35H39ClF3N5O5/c1-17-23-24-29(40-26(17)22-14-35(38,39)31(45)42(22)15-19-8-10-20(47-7)11-9-19)43-16-34(6)13-12-21(44(34)32(46)49-33(3,4)5)27(43)18(2)48-30(24)41-28(36)25(23)37/h8-11,18,21-22,27H,12-16H2,1-7H3/t18-,21-,22?,27+,34+/m0/s1. The molecule has 3 aromatic rings. The van der Waals surface area contributed by atoms with Crippen LogP contribution in [0, 0.1) is 12.7 Å². The summed E-state index contributed by atoms with van der Waals surface area (Å²) in [6.07, 6.45) is -0.544. The molecule has 0 saturated carbocycles. The summed E-state index contributed by atoms with van der Waals surface area (Å²) in [4.78, 5) is 41.1. The molecule has 4 aliphatic rings. The van der Waals surface area contributed by atoms with Crippen LogP contribution in [0.4, 0.5) is 23.8 Å². The first-order valence-corrected chi connectivity index (χ1v) is 16.8. The first kappa shape index (κ1) is 33.5. The molecule has 3 saturated heterocycles. The second kappa shape index (κ2) is 11.3. The number of hydrogen-bond donors (Lipinski definition) is 0. The minimum atomic E-state index is -3.67. The number of ether oxygens (including phenoxy) is 3. The summed E-state index contributed by atoms with van der Waals surface area (Å²) in [7, 11) is 1.52. The Hall–Kier alpha value is -4.00. The Bertz CT molecular complexity index is 1870. The van der Waals surface area contributed by atoms with Crippen molar-refractivity contribution in [1.82, 2.24) is 19.8 Å². The van der Waals surface area contributed by atoms with E-state index in [4.69, 9.17) is 30.8 Å². The number of fused-ring (bicyclic) bond motifs is 5. The molecule has 262 valence electrons. The number of amides is 2. The highest BCUT2D eigenvalue weighted by molar-refractivity contribution is 6.30. The molecule has 1 aromatic carbocycles. The fourth-order valence-corrected chi connectivity index (χ4v) is 8.35. The molecule has 0 spiro atoms. The van der Waals surface area contributed by atoms with Gasteiger partial charge >= 0.3 is 12.0 Å². The lowest BCUT2D eigenvalue weighted by molar-refractivity contribution is -0.148. The predicted octanol–water partition coefficient (Wildman–Crippen LogP) is 6.98. The van der Waals surface area contributed by atoms with Crippen LogP contribution in [0.5, 0.6) is 11.6 Å². The van der Waals surface area contributed by atoms with Crippen LogP contribution >= 0.6 is 11.6 Å². The van der Waals surface area contributed by atoms with Gasteiger partial charge in [-0.1, -0.05) is 23.7 Å². The van der Waals surface area contributed by atoms with Crippen LogP contribution in [-0.4, -0.2) is 80.7 Å². The Morgan fingerprint density at radius 3 is 2.51 bits per heavy atom. The van der Waals surface area contributed by atoms with Gasteiger partial charge in [-0.3, -0.25) is 9.69 Å². The number of rotatable bonds is 4. The number of pyridine rings is 2. The molecule has 7 rings (SSSR count). The zero-order valence-electron chi connectivity index (χ0n) is 28.4. The molecule has 2 bridgehead atoms. The summed E-state index contributed by atoms with van der Waals surface area (Å²) in [6, 6.07) is 4.75. The fraction of sp³-hybridized carbons (Fsp3) is 0.543. The lowest BCUT2D eigenvalue weighted by Gasteiger charge is -2.52. The van der Waals surface area contributed by atoms with E-state index in [0.29, 0.717) is 24.2 Å². The molecule has 0 aliphatic carbocycles. The zero-order valence-corrected chi connectivity index (χ0v) is 29.2. The van der Waals surface area contributed by atoms with Gasteiger partial charge in [0.25, 0.3) is 5.91 Å². The molecule has 2 aromatic heterocycles. The molecule has 0 radical (unpaired) electrons. The van der Waals surface area contributed by atoms with Crippen molar-refractivity contribution in [1.29, 1.82) is 0 Å². The van der Waals surface area contributed by atoms with E-state index < -0.39 is 64.6 Å². The Balaban J connectivity index is 1.39. The number of carbonyl (C=O) groups is 2. The minimum absolute atomic E-state index is 0.0435. The van der Waals surface area contributed by atoms with Crippen LogP contribution in [0.3, 0.4) is 0 Å². The molecule has 2 amide bonds. The summed E-state index contributed by atoms with van der Waals surface area (Å²) in [5.41, 5.74) is -0.411. The average Bonchev–Trinajstić information content (AvgIpc) is 3.35. The van der Waals surface area contributed by atoms with E-state index in [1.54, 1.807) is 36.1 Å². The molecule has 4 aliphatic heterocycles. The maximum Gasteiger partial charge on any atom is 0.411 e. The van der Waals surface area contributed by atoms with Crippen molar-refractivity contribution in [3.63, 3.8) is 0 Å². The summed E-state index contributed by atoms with van der Waals surface area (Å²) in [5, 5.41) is -0.126. The normalized spacial score (nSPS) is 27.2. The quantitative estimate of drug-likeness (QED) is 0.269.